The van der Waals surface area contributed by atoms with Crippen molar-refractivity contribution in [2.45, 2.75) is 32.0 Å². The molecule has 1 atom stereocenters. The van der Waals surface area contributed by atoms with E-state index in [1.54, 1.807) is 12.2 Å². The van der Waals surface area contributed by atoms with E-state index in [0.29, 0.717) is 12.8 Å². The van der Waals surface area contributed by atoms with Crippen LogP contribution >= 0.6 is 0 Å². The van der Waals surface area contributed by atoms with Gasteiger partial charge in [0, 0.05) is 0 Å². The molecule has 78 valence electrons. The summed E-state index contributed by atoms with van der Waals surface area (Å²) < 4.78 is 34.8. The normalized spacial score (nSPS) is 13.9. The van der Waals surface area contributed by atoms with Gasteiger partial charge in [0.1, 0.15) is 6.54 Å². The number of hydrogen-bond donors (Lipinski definition) is 2. The Hall–Kier alpha value is -0.780. The average Bonchev–Trinajstić information content (AvgIpc) is 1.99. The zero-order valence-electron chi connectivity index (χ0n) is 7.32. The van der Waals surface area contributed by atoms with Crippen molar-refractivity contribution >= 4 is 5.91 Å². The molecule has 0 aliphatic carbocycles. The van der Waals surface area contributed by atoms with Gasteiger partial charge in [-0.25, -0.2) is 0 Å². The monoisotopic (exact) mass is 198 g/mol. The van der Waals surface area contributed by atoms with Crippen LogP contribution in [-0.2, 0) is 4.79 Å². The van der Waals surface area contributed by atoms with E-state index in [1.165, 1.54) is 0 Å². The number of carbonyl (C=O) groups excluding carboxylic acids is 1. The second kappa shape index (κ2) is 5.06. The highest BCUT2D eigenvalue weighted by molar-refractivity contribution is 5.81. The molecule has 0 aliphatic heterocycles. The van der Waals surface area contributed by atoms with E-state index in [0.717, 1.165) is 0 Å². The van der Waals surface area contributed by atoms with Crippen LogP contribution < -0.4 is 11.1 Å². The van der Waals surface area contributed by atoms with Gasteiger partial charge in [0.25, 0.3) is 0 Å². The SMILES string of the molecule is CCC[C@@H](N)C(=O)NCC(F)(F)F. The van der Waals surface area contributed by atoms with Crippen LogP contribution in [0.1, 0.15) is 19.8 Å². The Labute approximate surface area is 74.5 Å². The van der Waals surface area contributed by atoms with E-state index in [-0.39, 0.29) is 0 Å². The lowest BCUT2D eigenvalue weighted by molar-refractivity contribution is -0.139. The van der Waals surface area contributed by atoms with E-state index in [4.69, 9.17) is 5.73 Å². The van der Waals surface area contributed by atoms with Gasteiger partial charge in [-0.05, 0) is 6.42 Å². The van der Waals surface area contributed by atoms with Crippen LogP contribution in [0, 0.1) is 0 Å². The molecule has 0 fully saturated rings. The zero-order valence-corrected chi connectivity index (χ0v) is 7.32. The van der Waals surface area contributed by atoms with Crippen molar-refractivity contribution in [3.63, 3.8) is 0 Å². The van der Waals surface area contributed by atoms with Crippen LogP contribution in [0.15, 0.2) is 0 Å². The zero-order chi connectivity index (χ0) is 10.5. The quantitative estimate of drug-likeness (QED) is 0.701. The molecule has 0 aliphatic rings. The van der Waals surface area contributed by atoms with Gasteiger partial charge in [0.2, 0.25) is 5.91 Å². The van der Waals surface area contributed by atoms with Gasteiger partial charge in [-0.3, -0.25) is 4.79 Å². The Kier molecular flexibility index (Phi) is 4.76. The predicted molar refractivity (Wildman–Crippen MR) is 41.9 cm³/mol. The number of rotatable bonds is 4. The number of alkyl halides is 3. The smallest absolute Gasteiger partial charge is 0.346 e. The van der Waals surface area contributed by atoms with Crippen LogP contribution in [0.25, 0.3) is 0 Å². The third-order valence-electron chi connectivity index (χ3n) is 1.40. The fourth-order valence-electron chi connectivity index (χ4n) is 0.761. The standard InChI is InChI=1S/C7H13F3N2O/c1-2-3-5(11)6(13)12-4-7(8,9)10/h5H,2-4,11H2,1H3,(H,12,13)/t5-/m1/s1. The van der Waals surface area contributed by atoms with Gasteiger partial charge in [-0.1, -0.05) is 13.3 Å². The molecule has 0 bridgehead atoms. The molecule has 1 amide bonds. The van der Waals surface area contributed by atoms with Gasteiger partial charge < -0.3 is 11.1 Å². The van der Waals surface area contributed by atoms with Crippen molar-refractivity contribution in [1.29, 1.82) is 0 Å². The van der Waals surface area contributed by atoms with Crippen LogP contribution in [0.5, 0.6) is 0 Å². The summed E-state index contributed by atoms with van der Waals surface area (Å²) in [6.07, 6.45) is -3.31. The summed E-state index contributed by atoms with van der Waals surface area (Å²) >= 11 is 0. The number of halogens is 3. The molecule has 0 saturated heterocycles. The van der Waals surface area contributed by atoms with Gasteiger partial charge in [-0.2, -0.15) is 13.2 Å². The van der Waals surface area contributed by atoms with Gasteiger partial charge in [-0.15, -0.1) is 0 Å². The topological polar surface area (TPSA) is 55.1 Å². The third-order valence-corrected chi connectivity index (χ3v) is 1.40. The first-order valence-electron chi connectivity index (χ1n) is 3.97. The number of carbonyl (C=O) groups is 1. The summed E-state index contributed by atoms with van der Waals surface area (Å²) in [6.45, 7) is 0.486. The van der Waals surface area contributed by atoms with Crippen molar-refractivity contribution in [3.05, 3.63) is 0 Å². The third kappa shape index (κ3) is 6.39. The van der Waals surface area contributed by atoms with Gasteiger partial charge in [0.15, 0.2) is 0 Å². The largest absolute Gasteiger partial charge is 0.405 e. The molecule has 0 unspecified atom stereocenters. The molecular formula is C7H13F3N2O. The molecule has 0 heterocycles. The number of nitrogens with two attached hydrogens (primary N) is 1. The first-order valence-corrected chi connectivity index (χ1v) is 3.97. The van der Waals surface area contributed by atoms with Gasteiger partial charge in [0.05, 0.1) is 6.04 Å². The molecule has 3 N–H and O–H groups in total. The Morgan fingerprint density at radius 2 is 2.08 bits per heavy atom. The summed E-state index contributed by atoms with van der Waals surface area (Å²) in [6, 6.07) is -0.840. The Morgan fingerprint density at radius 3 is 2.46 bits per heavy atom. The van der Waals surface area contributed by atoms with Crippen LogP contribution in [0.4, 0.5) is 13.2 Å². The van der Waals surface area contributed by atoms with E-state index in [2.05, 4.69) is 0 Å². The lowest BCUT2D eigenvalue weighted by Crippen LogP contribution is -2.44. The summed E-state index contributed by atoms with van der Waals surface area (Å²) in [7, 11) is 0. The van der Waals surface area contributed by atoms with E-state index in [9.17, 15) is 18.0 Å². The summed E-state index contributed by atoms with van der Waals surface area (Å²) in [4.78, 5) is 10.8. The molecule has 13 heavy (non-hydrogen) atoms. The maximum atomic E-state index is 11.6. The molecule has 6 heteroatoms. The molecule has 0 aromatic carbocycles. The van der Waals surface area contributed by atoms with Crippen molar-refractivity contribution in [3.8, 4) is 0 Å². The van der Waals surface area contributed by atoms with E-state index < -0.39 is 24.7 Å². The minimum absolute atomic E-state index is 0.393. The highest BCUT2D eigenvalue weighted by Crippen LogP contribution is 2.12. The first-order chi connectivity index (χ1) is 5.87. The van der Waals surface area contributed by atoms with E-state index in [1.807, 2.05) is 0 Å². The molecule has 0 aromatic rings. The molecule has 0 aromatic heterocycles. The highest BCUT2D eigenvalue weighted by Gasteiger charge is 2.28. The molecule has 0 saturated carbocycles. The van der Waals surface area contributed by atoms with Crippen LogP contribution in [-0.4, -0.2) is 24.7 Å². The number of amides is 1. The molecule has 3 nitrogen and oxygen atoms in total. The first kappa shape index (κ1) is 12.2. The second-order valence-corrected chi connectivity index (χ2v) is 2.73. The lowest BCUT2D eigenvalue weighted by Gasteiger charge is -2.12. The fourth-order valence-corrected chi connectivity index (χ4v) is 0.761. The lowest BCUT2D eigenvalue weighted by atomic mass is 10.2. The van der Waals surface area contributed by atoms with Crippen molar-refractivity contribution in [1.82, 2.24) is 5.32 Å². The van der Waals surface area contributed by atoms with E-state index >= 15 is 0 Å². The summed E-state index contributed by atoms with van der Waals surface area (Å²) in [5.41, 5.74) is 5.28. The number of nitrogens with one attached hydrogen (secondary N) is 1. The van der Waals surface area contributed by atoms with Gasteiger partial charge >= 0.3 is 6.18 Å². The second-order valence-electron chi connectivity index (χ2n) is 2.73. The highest BCUT2D eigenvalue weighted by atomic mass is 19.4. The minimum atomic E-state index is -4.37. The Morgan fingerprint density at radius 1 is 1.54 bits per heavy atom. The van der Waals surface area contributed by atoms with Crippen LogP contribution in [0.2, 0.25) is 0 Å². The fraction of sp³-hybridized carbons (Fsp3) is 0.857. The maximum Gasteiger partial charge on any atom is 0.405 e. The molecule has 0 rings (SSSR count). The summed E-state index contributed by atoms with van der Waals surface area (Å²) in [5, 5.41) is 1.72. The minimum Gasteiger partial charge on any atom is -0.346 e. The number of hydrogen-bond acceptors (Lipinski definition) is 2. The molecule has 0 radical (unpaired) electrons. The van der Waals surface area contributed by atoms with Crippen molar-refractivity contribution < 1.29 is 18.0 Å². The van der Waals surface area contributed by atoms with Crippen LogP contribution in [0.3, 0.4) is 0 Å². The maximum absolute atomic E-state index is 11.6. The summed E-state index contributed by atoms with van der Waals surface area (Å²) in [5.74, 6) is -0.751. The van der Waals surface area contributed by atoms with Crippen molar-refractivity contribution in [2.75, 3.05) is 6.54 Å². The van der Waals surface area contributed by atoms with Crippen molar-refractivity contribution in [2.24, 2.45) is 5.73 Å². The Balaban J connectivity index is 3.74. The average molecular weight is 198 g/mol. The molecule has 0 spiro atoms. The molecular weight excluding hydrogens is 185 g/mol. The Bertz CT molecular complexity index is 170. The predicted octanol–water partition coefficient (Wildman–Crippen LogP) is 0.792.